The molecule has 1 aliphatic rings. The average molecular weight is 260 g/mol. The van der Waals surface area contributed by atoms with Crippen molar-refractivity contribution >= 4 is 11.6 Å². The Morgan fingerprint density at radius 2 is 1.63 bits per heavy atom. The maximum absolute atomic E-state index is 12.2. The minimum absolute atomic E-state index is 0.223. The van der Waals surface area contributed by atoms with E-state index in [1.165, 1.54) is 24.0 Å². The molecule has 1 fully saturated rings. The smallest absolute Gasteiger partial charge is 0.241 e. The van der Waals surface area contributed by atoms with Crippen LogP contribution < -0.4 is 5.32 Å². The van der Waals surface area contributed by atoms with Crippen molar-refractivity contribution in [3.05, 3.63) is 29.3 Å². The summed E-state index contributed by atoms with van der Waals surface area (Å²) in [6.45, 7) is 6.41. The summed E-state index contributed by atoms with van der Waals surface area (Å²) >= 11 is 0. The van der Waals surface area contributed by atoms with Crippen molar-refractivity contribution in [1.82, 2.24) is 4.90 Å². The molecule has 1 amide bonds. The van der Waals surface area contributed by atoms with Gasteiger partial charge in [-0.05, 0) is 49.9 Å². The fraction of sp³-hybridized carbons (Fsp3) is 0.562. The third kappa shape index (κ3) is 4.27. The highest BCUT2D eigenvalue weighted by molar-refractivity contribution is 5.81. The Hall–Kier alpha value is -1.51. The van der Waals surface area contributed by atoms with Crippen molar-refractivity contribution in [2.45, 2.75) is 39.5 Å². The summed E-state index contributed by atoms with van der Waals surface area (Å²) in [5.74, 6) is 0.223. The predicted molar refractivity (Wildman–Crippen MR) is 79.5 cm³/mol. The van der Waals surface area contributed by atoms with Gasteiger partial charge in [0.15, 0.2) is 0 Å². The minimum atomic E-state index is 0.223. The van der Waals surface area contributed by atoms with E-state index in [9.17, 15) is 4.79 Å². The molecule has 0 radical (unpaired) electrons. The normalized spacial score (nSPS) is 16.0. The van der Waals surface area contributed by atoms with Crippen LogP contribution in [-0.2, 0) is 4.79 Å². The van der Waals surface area contributed by atoms with Gasteiger partial charge in [-0.2, -0.15) is 0 Å². The lowest BCUT2D eigenvalue weighted by molar-refractivity contribution is -0.129. The Labute approximate surface area is 116 Å². The van der Waals surface area contributed by atoms with Crippen molar-refractivity contribution in [3.8, 4) is 0 Å². The molecule has 0 bridgehead atoms. The molecule has 104 valence electrons. The molecule has 0 atom stereocenters. The maximum atomic E-state index is 12.2. The average Bonchev–Trinajstić information content (AvgIpc) is 2.63. The molecule has 3 heteroatoms. The van der Waals surface area contributed by atoms with Gasteiger partial charge in [-0.1, -0.05) is 18.9 Å². The Morgan fingerprint density at radius 1 is 1.05 bits per heavy atom. The summed E-state index contributed by atoms with van der Waals surface area (Å²) in [5.41, 5.74) is 3.50. The molecular formula is C16H24N2O. The molecule has 1 aromatic carbocycles. The fourth-order valence-electron chi connectivity index (χ4n) is 2.69. The molecular weight excluding hydrogens is 236 g/mol. The van der Waals surface area contributed by atoms with Crippen molar-refractivity contribution in [2.75, 3.05) is 25.0 Å². The summed E-state index contributed by atoms with van der Waals surface area (Å²) in [6, 6.07) is 6.31. The lowest BCUT2D eigenvalue weighted by Gasteiger charge is -2.20. The van der Waals surface area contributed by atoms with Gasteiger partial charge in [0.05, 0.1) is 6.54 Å². The van der Waals surface area contributed by atoms with E-state index in [1.807, 2.05) is 4.90 Å². The van der Waals surface area contributed by atoms with Crippen LogP contribution in [0.15, 0.2) is 18.2 Å². The number of nitrogens with zero attached hydrogens (tertiary/aromatic N) is 1. The van der Waals surface area contributed by atoms with Gasteiger partial charge < -0.3 is 10.2 Å². The Balaban J connectivity index is 1.88. The molecule has 0 saturated carbocycles. The van der Waals surface area contributed by atoms with Crippen LogP contribution in [0.5, 0.6) is 0 Å². The van der Waals surface area contributed by atoms with Crippen molar-refractivity contribution in [3.63, 3.8) is 0 Å². The molecule has 1 heterocycles. The molecule has 1 saturated heterocycles. The lowest BCUT2D eigenvalue weighted by Crippen LogP contribution is -2.36. The van der Waals surface area contributed by atoms with E-state index in [-0.39, 0.29) is 5.91 Å². The van der Waals surface area contributed by atoms with Crippen LogP contribution in [0.4, 0.5) is 5.69 Å². The van der Waals surface area contributed by atoms with E-state index in [4.69, 9.17) is 0 Å². The minimum Gasteiger partial charge on any atom is -0.376 e. The van der Waals surface area contributed by atoms with E-state index in [1.54, 1.807) is 0 Å². The SMILES string of the molecule is Cc1cc(C)cc(NCC(=O)N2CCCCCC2)c1. The van der Waals surface area contributed by atoms with Gasteiger partial charge >= 0.3 is 0 Å². The van der Waals surface area contributed by atoms with E-state index in [0.717, 1.165) is 31.6 Å². The first-order chi connectivity index (χ1) is 9.15. The van der Waals surface area contributed by atoms with Gasteiger partial charge in [-0.15, -0.1) is 0 Å². The van der Waals surface area contributed by atoms with Gasteiger partial charge in [0, 0.05) is 18.8 Å². The second-order valence-corrected chi connectivity index (χ2v) is 5.52. The van der Waals surface area contributed by atoms with Crippen LogP contribution in [0.25, 0.3) is 0 Å². The van der Waals surface area contributed by atoms with Crippen molar-refractivity contribution in [2.24, 2.45) is 0 Å². The Morgan fingerprint density at radius 3 is 2.21 bits per heavy atom. The van der Waals surface area contributed by atoms with Gasteiger partial charge in [0.25, 0.3) is 0 Å². The topological polar surface area (TPSA) is 32.3 Å². The van der Waals surface area contributed by atoms with Crippen LogP contribution in [0.2, 0.25) is 0 Å². The molecule has 1 aliphatic heterocycles. The lowest BCUT2D eigenvalue weighted by atomic mass is 10.1. The fourth-order valence-corrected chi connectivity index (χ4v) is 2.69. The highest BCUT2D eigenvalue weighted by atomic mass is 16.2. The number of hydrogen-bond donors (Lipinski definition) is 1. The van der Waals surface area contributed by atoms with Gasteiger partial charge in [-0.3, -0.25) is 4.79 Å². The van der Waals surface area contributed by atoms with Gasteiger partial charge in [-0.25, -0.2) is 0 Å². The highest BCUT2D eigenvalue weighted by Gasteiger charge is 2.14. The zero-order valence-electron chi connectivity index (χ0n) is 12.0. The number of hydrogen-bond acceptors (Lipinski definition) is 2. The quantitative estimate of drug-likeness (QED) is 0.905. The Bertz CT molecular complexity index is 414. The molecule has 3 nitrogen and oxygen atoms in total. The van der Waals surface area contributed by atoms with Crippen molar-refractivity contribution in [1.29, 1.82) is 0 Å². The molecule has 0 unspecified atom stereocenters. The summed E-state index contributed by atoms with van der Waals surface area (Å²) < 4.78 is 0. The summed E-state index contributed by atoms with van der Waals surface area (Å²) in [4.78, 5) is 14.2. The molecule has 2 rings (SSSR count). The van der Waals surface area contributed by atoms with E-state index in [2.05, 4.69) is 37.4 Å². The van der Waals surface area contributed by atoms with Crippen LogP contribution in [-0.4, -0.2) is 30.4 Å². The number of carbonyl (C=O) groups excluding carboxylic acids is 1. The number of likely N-dealkylation sites (tertiary alicyclic amines) is 1. The van der Waals surface area contributed by atoms with E-state index >= 15 is 0 Å². The van der Waals surface area contributed by atoms with Gasteiger partial charge in [0.1, 0.15) is 0 Å². The zero-order valence-corrected chi connectivity index (χ0v) is 12.0. The van der Waals surface area contributed by atoms with Crippen LogP contribution >= 0.6 is 0 Å². The van der Waals surface area contributed by atoms with Crippen LogP contribution in [0.3, 0.4) is 0 Å². The molecule has 19 heavy (non-hydrogen) atoms. The molecule has 0 spiro atoms. The molecule has 0 aromatic heterocycles. The third-order valence-electron chi connectivity index (χ3n) is 3.62. The first kappa shape index (κ1) is 13.9. The number of carbonyl (C=O) groups is 1. The summed E-state index contributed by atoms with van der Waals surface area (Å²) in [7, 11) is 0. The molecule has 1 N–H and O–H groups in total. The van der Waals surface area contributed by atoms with Gasteiger partial charge in [0.2, 0.25) is 5.91 Å². The molecule has 0 aliphatic carbocycles. The first-order valence-corrected chi connectivity index (χ1v) is 7.25. The number of benzene rings is 1. The number of anilines is 1. The summed E-state index contributed by atoms with van der Waals surface area (Å²) in [5, 5.41) is 3.25. The number of aryl methyl sites for hydroxylation is 2. The first-order valence-electron chi connectivity index (χ1n) is 7.25. The number of rotatable bonds is 3. The van der Waals surface area contributed by atoms with E-state index < -0.39 is 0 Å². The largest absolute Gasteiger partial charge is 0.376 e. The zero-order chi connectivity index (χ0) is 13.7. The van der Waals surface area contributed by atoms with Crippen LogP contribution in [0.1, 0.15) is 36.8 Å². The highest BCUT2D eigenvalue weighted by Crippen LogP contribution is 2.14. The van der Waals surface area contributed by atoms with Crippen molar-refractivity contribution < 1.29 is 4.79 Å². The number of amides is 1. The third-order valence-corrected chi connectivity index (χ3v) is 3.62. The Kier molecular flexibility index (Phi) is 4.83. The van der Waals surface area contributed by atoms with E-state index in [0.29, 0.717) is 6.54 Å². The maximum Gasteiger partial charge on any atom is 0.241 e. The predicted octanol–water partition coefficient (Wildman–Crippen LogP) is 3.12. The van der Waals surface area contributed by atoms with Crippen LogP contribution in [0, 0.1) is 13.8 Å². The second kappa shape index (κ2) is 6.60. The number of nitrogens with one attached hydrogen (secondary N) is 1. The second-order valence-electron chi connectivity index (χ2n) is 5.52. The standard InChI is InChI=1S/C16H24N2O/c1-13-9-14(2)11-15(10-13)17-12-16(19)18-7-5-3-4-6-8-18/h9-11,17H,3-8,12H2,1-2H3. The molecule has 1 aromatic rings. The monoisotopic (exact) mass is 260 g/mol. The summed E-state index contributed by atoms with van der Waals surface area (Å²) in [6.07, 6.45) is 4.81.